The third-order valence-corrected chi connectivity index (χ3v) is 2.35. The molecular formula is C6H14O2SSi. The first-order chi connectivity index (χ1) is 4.91. The second kappa shape index (κ2) is 9.49. The van der Waals surface area contributed by atoms with Gasteiger partial charge in [-0.05, 0) is 12.2 Å². The minimum atomic E-state index is 0.424. The summed E-state index contributed by atoms with van der Waals surface area (Å²) in [4.78, 5) is 0. The Morgan fingerprint density at radius 1 is 1.50 bits per heavy atom. The number of hydrogen-bond donors (Lipinski definition) is 1. The van der Waals surface area contributed by atoms with E-state index >= 15 is 0 Å². The highest BCUT2D eigenvalue weighted by atomic mass is 32.1. The quantitative estimate of drug-likeness (QED) is 0.271. The maximum Gasteiger partial charge on any atom is 0.145 e. The van der Waals surface area contributed by atoms with Gasteiger partial charge in [0.1, 0.15) is 6.79 Å². The molecule has 0 aliphatic rings. The van der Waals surface area contributed by atoms with Gasteiger partial charge in [-0.15, -0.1) is 0 Å². The van der Waals surface area contributed by atoms with Crippen LogP contribution in [0.4, 0.5) is 0 Å². The van der Waals surface area contributed by atoms with Gasteiger partial charge < -0.3 is 9.47 Å². The molecule has 0 aliphatic carbocycles. The standard InChI is InChI=1S/C6H14O2SSi/c1-7-5-8-6-10-4-2-3-9/h9H,2-6H2,1H3. The average Bonchev–Trinajstić information content (AvgIpc) is 1.97. The van der Waals surface area contributed by atoms with Crippen LogP contribution in [0.15, 0.2) is 0 Å². The highest BCUT2D eigenvalue weighted by molar-refractivity contribution is 7.80. The van der Waals surface area contributed by atoms with Crippen LogP contribution in [0.25, 0.3) is 0 Å². The fourth-order valence-electron chi connectivity index (χ4n) is 0.473. The van der Waals surface area contributed by atoms with Crippen molar-refractivity contribution >= 4 is 22.1 Å². The van der Waals surface area contributed by atoms with Gasteiger partial charge in [0.2, 0.25) is 0 Å². The molecule has 0 unspecified atom stereocenters. The van der Waals surface area contributed by atoms with Gasteiger partial charge in [-0.2, -0.15) is 12.6 Å². The fourth-order valence-corrected chi connectivity index (χ4v) is 1.73. The summed E-state index contributed by atoms with van der Waals surface area (Å²) in [5.74, 6) is 0.983. The van der Waals surface area contributed by atoms with Crippen molar-refractivity contribution in [2.75, 3.05) is 25.9 Å². The van der Waals surface area contributed by atoms with E-state index in [4.69, 9.17) is 9.47 Å². The lowest BCUT2D eigenvalue weighted by molar-refractivity contribution is -0.0123. The Morgan fingerprint density at radius 3 is 2.90 bits per heavy atom. The summed E-state index contributed by atoms with van der Waals surface area (Å²) in [6.45, 7) is 0.424. The van der Waals surface area contributed by atoms with Crippen molar-refractivity contribution in [2.24, 2.45) is 0 Å². The van der Waals surface area contributed by atoms with Crippen molar-refractivity contribution in [3.05, 3.63) is 0 Å². The second-order valence-corrected chi connectivity index (χ2v) is 3.57. The Hall–Kier alpha value is 0.487. The van der Waals surface area contributed by atoms with Crippen molar-refractivity contribution < 1.29 is 9.47 Å². The topological polar surface area (TPSA) is 18.5 Å². The molecule has 0 atom stereocenters. The summed E-state index contributed by atoms with van der Waals surface area (Å²) in [5.41, 5.74) is 0. The third-order valence-electron chi connectivity index (χ3n) is 0.917. The van der Waals surface area contributed by atoms with Gasteiger partial charge in [0, 0.05) is 13.3 Å². The molecule has 0 spiro atoms. The van der Waals surface area contributed by atoms with E-state index < -0.39 is 0 Å². The smallest absolute Gasteiger partial charge is 0.145 e. The van der Waals surface area contributed by atoms with E-state index in [0.717, 1.165) is 21.5 Å². The summed E-state index contributed by atoms with van der Waals surface area (Å²) in [5, 5.41) is 0. The maximum atomic E-state index is 5.09. The summed E-state index contributed by atoms with van der Waals surface area (Å²) in [6, 6.07) is 1.23. The lowest BCUT2D eigenvalue weighted by Crippen LogP contribution is -2.05. The Balaban J connectivity index is 2.65. The van der Waals surface area contributed by atoms with Gasteiger partial charge >= 0.3 is 0 Å². The fraction of sp³-hybridized carbons (Fsp3) is 1.00. The van der Waals surface area contributed by atoms with Crippen LogP contribution < -0.4 is 0 Å². The van der Waals surface area contributed by atoms with Gasteiger partial charge in [0.15, 0.2) is 0 Å². The Labute approximate surface area is 70.5 Å². The van der Waals surface area contributed by atoms with Crippen LogP contribution in [0.5, 0.6) is 0 Å². The molecule has 0 amide bonds. The van der Waals surface area contributed by atoms with Crippen LogP contribution in [-0.4, -0.2) is 35.4 Å². The molecule has 10 heavy (non-hydrogen) atoms. The van der Waals surface area contributed by atoms with Crippen LogP contribution in [-0.2, 0) is 9.47 Å². The van der Waals surface area contributed by atoms with Crippen LogP contribution >= 0.6 is 12.6 Å². The molecule has 0 heterocycles. The first kappa shape index (κ1) is 10.5. The van der Waals surface area contributed by atoms with Crippen molar-refractivity contribution in [2.45, 2.75) is 12.5 Å². The second-order valence-electron chi connectivity index (χ2n) is 1.83. The maximum absolute atomic E-state index is 5.09. The van der Waals surface area contributed by atoms with Gasteiger partial charge in [0.25, 0.3) is 0 Å². The number of thiol groups is 1. The molecule has 0 aromatic rings. The highest BCUT2D eigenvalue weighted by Crippen LogP contribution is 1.90. The minimum absolute atomic E-state index is 0.424. The normalized spacial score (nSPS) is 10.2. The Bertz CT molecular complexity index is 55.7. The number of methoxy groups -OCH3 is 1. The zero-order chi connectivity index (χ0) is 7.66. The van der Waals surface area contributed by atoms with Crippen molar-refractivity contribution in [3.63, 3.8) is 0 Å². The average molecular weight is 178 g/mol. The molecule has 0 saturated carbocycles. The minimum Gasteiger partial charge on any atom is -0.359 e. The third kappa shape index (κ3) is 8.49. The van der Waals surface area contributed by atoms with Crippen molar-refractivity contribution in [1.29, 1.82) is 0 Å². The van der Waals surface area contributed by atoms with E-state index in [1.807, 2.05) is 0 Å². The van der Waals surface area contributed by atoms with Gasteiger partial charge in [-0.3, -0.25) is 0 Å². The summed E-state index contributed by atoms with van der Waals surface area (Å²) in [6.07, 6.45) is 2.03. The highest BCUT2D eigenvalue weighted by Gasteiger charge is 1.88. The molecule has 0 saturated heterocycles. The molecule has 0 bridgehead atoms. The SMILES string of the molecule is COCOC[Si]CCCS. The van der Waals surface area contributed by atoms with E-state index in [9.17, 15) is 0 Å². The van der Waals surface area contributed by atoms with E-state index in [0.29, 0.717) is 6.79 Å². The first-order valence-electron chi connectivity index (χ1n) is 3.30. The zero-order valence-electron chi connectivity index (χ0n) is 6.30. The van der Waals surface area contributed by atoms with Gasteiger partial charge in [0.05, 0.1) is 9.52 Å². The van der Waals surface area contributed by atoms with Gasteiger partial charge in [-0.25, -0.2) is 0 Å². The predicted octanol–water partition coefficient (Wildman–Crippen LogP) is 1.01. The zero-order valence-corrected chi connectivity index (χ0v) is 8.19. The molecule has 0 aromatic carbocycles. The van der Waals surface area contributed by atoms with Crippen molar-refractivity contribution in [3.8, 4) is 0 Å². The number of rotatable bonds is 7. The van der Waals surface area contributed by atoms with E-state index in [2.05, 4.69) is 12.6 Å². The van der Waals surface area contributed by atoms with E-state index in [-0.39, 0.29) is 0 Å². The molecule has 0 fully saturated rings. The molecule has 2 radical (unpaired) electrons. The van der Waals surface area contributed by atoms with E-state index in [1.165, 1.54) is 12.5 Å². The van der Waals surface area contributed by atoms with E-state index in [1.54, 1.807) is 7.11 Å². The first-order valence-corrected chi connectivity index (χ1v) is 5.34. The monoisotopic (exact) mass is 178 g/mol. The lowest BCUT2D eigenvalue weighted by atomic mass is 10.6. The molecule has 4 heteroatoms. The Morgan fingerprint density at radius 2 is 2.30 bits per heavy atom. The summed E-state index contributed by atoms with van der Waals surface area (Å²) < 4.78 is 9.81. The number of ether oxygens (including phenoxy) is 2. The molecule has 2 nitrogen and oxygen atoms in total. The summed E-state index contributed by atoms with van der Waals surface area (Å²) in [7, 11) is 2.53. The predicted molar refractivity (Wildman–Crippen MR) is 46.9 cm³/mol. The van der Waals surface area contributed by atoms with Crippen LogP contribution in [0.2, 0.25) is 6.04 Å². The van der Waals surface area contributed by atoms with Crippen LogP contribution in [0.3, 0.4) is 0 Å². The Kier molecular flexibility index (Phi) is 9.95. The van der Waals surface area contributed by atoms with Gasteiger partial charge in [-0.1, -0.05) is 6.04 Å². The lowest BCUT2D eigenvalue weighted by Gasteiger charge is -1.99. The molecule has 0 N–H and O–H groups in total. The molecule has 0 aromatic heterocycles. The largest absolute Gasteiger partial charge is 0.359 e. The van der Waals surface area contributed by atoms with Crippen LogP contribution in [0.1, 0.15) is 6.42 Å². The molecule has 0 aliphatic heterocycles. The molecular weight excluding hydrogens is 164 g/mol. The van der Waals surface area contributed by atoms with Crippen molar-refractivity contribution in [1.82, 2.24) is 0 Å². The molecule has 60 valence electrons. The number of hydrogen-bond acceptors (Lipinski definition) is 3. The summed E-state index contributed by atoms with van der Waals surface area (Å²) >= 11 is 4.10. The molecule has 0 rings (SSSR count). The van der Waals surface area contributed by atoms with Crippen LogP contribution in [0, 0.1) is 0 Å².